The van der Waals surface area contributed by atoms with E-state index in [0.29, 0.717) is 0 Å². The predicted molar refractivity (Wildman–Crippen MR) is 62.0 cm³/mol. The minimum Gasteiger partial charge on any atom is -0.494 e. The summed E-state index contributed by atoms with van der Waals surface area (Å²) in [6.07, 6.45) is 9.00. The van der Waals surface area contributed by atoms with E-state index in [9.17, 15) is 0 Å². The van der Waals surface area contributed by atoms with Gasteiger partial charge in [-0.2, -0.15) is 0 Å². The highest BCUT2D eigenvalue weighted by molar-refractivity contribution is 5.22. The fourth-order valence-corrected chi connectivity index (χ4v) is 0.943. The van der Waals surface area contributed by atoms with Crippen molar-refractivity contribution in [1.82, 2.24) is 5.32 Å². The molecule has 1 N–H and O–H groups in total. The molecule has 0 aliphatic rings. The zero-order chi connectivity index (χ0) is 10.8. The van der Waals surface area contributed by atoms with E-state index in [0.717, 1.165) is 24.5 Å². The molecule has 0 spiro atoms. The van der Waals surface area contributed by atoms with Crippen LogP contribution in [0.1, 0.15) is 27.2 Å². The van der Waals surface area contributed by atoms with Crippen molar-refractivity contribution in [3.05, 3.63) is 35.8 Å². The number of nitrogens with one attached hydrogen (secondary N) is 1. The van der Waals surface area contributed by atoms with Crippen LogP contribution in [0.15, 0.2) is 35.8 Å². The summed E-state index contributed by atoms with van der Waals surface area (Å²) in [6.45, 7) is 6.85. The van der Waals surface area contributed by atoms with Gasteiger partial charge < -0.3 is 10.1 Å². The maximum atomic E-state index is 5.50. The van der Waals surface area contributed by atoms with Crippen molar-refractivity contribution < 1.29 is 4.74 Å². The van der Waals surface area contributed by atoms with E-state index in [4.69, 9.17) is 4.74 Å². The summed E-state index contributed by atoms with van der Waals surface area (Å²) >= 11 is 0. The second kappa shape index (κ2) is 8.42. The Morgan fingerprint density at radius 1 is 1.21 bits per heavy atom. The van der Waals surface area contributed by atoms with Crippen molar-refractivity contribution in [2.45, 2.75) is 27.2 Å². The topological polar surface area (TPSA) is 21.3 Å². The van der Waals surface area contributed by atoms with Gasteiger partial charge in [0.1, 0.15) is 5.76 Å². The molecule has 14 heavy (non-hydrogen) atoms. The molecule has 0 bridgehead atoms. The van der Waals surface area contributed by atoms with Crippen LogP contribution < -0.4 is 5.32 Å². The molecular weight excluding hydrogens is 174 g/mol. The van der Waals surface area contributed by atoms with Crippen LogP contribution in [0.2, 0.25) is 0 Å². The first-order valence-corrected chi connectivity index (χ1v) is 5.09. The SMILES string of the molecule is C\C=C(/C=C\C(=C/C)OCCC)NC. The molecule has 0 unspecified atom stereocenters. The van der Waals surface area contributed by atoms with Crippen molar-refractivity contribution in [3.8, 4) is 0 Å². The van der Waals surface area contributed by atoms with Crippen molar-refractivity contribution in [2.75, 3.05) is 13.7 Å². The number of hydrogen-bond donors (Lipinski definition) is 1. The largest absolute Gasteiger partial charge is 0.494 e. The van der Waals surface area contributed by atoms with Gasteiger partial charge in [-0.05, 0) is 38.5 Å². The van der Waals surface area contributed by atoms with Crippen molar-refractivity contribution in [3.63, 3.8) is 0 Å². The molecule has 0 aliphatic carbocycles. The van der Waals surface area contributed by atoms with Gasteiger partial charge in [0.05, 0.1) is 6.61 Å². The van der Waals surface area contributed by atoms with Gasteiger partial charge in [-0.15, -0.1) is 0 Å². The van der Waals surface area contributed by atoms with Crippen LogP contribution in [0.3, 0.4) is 0 Å². The predicted octanol–water partition coefficient (Wildman–Crippen LogP) is 3.00. The first-order valence-electron chi connectivity index (χ1n) is 5.09. The number of allylic oxidation sites excluding steroid dienone is 4. The Hall–Kier alpha value is -1.18. The van der Waals surface area contributed by atoms with Crippen LogP contribution in [0.25, 0.3) is 0 Å². The molecule has 0 heterocycles. The summed E-state index contributed by atoms with van der Waals surface area (Å²) in [5.41, 5.74) is 1.09. The second-order valence-corrected chi connectivity index (χ2v) is 2.87. The van der Waals surface area contributed by atoms with Gasteiger partial charge in [-0.25, -0.2) is 0 Å². The van der Waals surface area contributed by atoms with Gasteiger partial charge in [-0.3, -0.25) is 0 Å². The maximum absolute atomic E-state index is 5.50. The molecule has 0 aliphatic heterocycles. The molecule has 0 aromatic rings. The Morgan fingerprint density at radius 3 is 2.36 bits per heavy atom. The summed E-state index contributed by atoms with van der Waals surface area (Å²) in [4.78, 5) is 0. The minimum atomic E-state index is 0.773. The first kappa shape index (κ1) is 12.8. The second-order valence-electron chi connectivity index (χ2n) is 2.87. The molecule has 2 nitrogen and oxygen atoms in total. The summed E-state index contributed by atoms with van der Waals surface area (Å²) in [6, 6.07) is 0. The van der Waals surface area contributed by atoms with Crippen LogP contribution in [0.4, 0.5) is 0 Å². The fraction of sp³-hybridized carbons (Fsp3) is 0.500. The van der Waals surface area contributed by atoms with Gasteiger partial charge >= 0.3 is 0 Å². The molecule has 0 aromatic heterocycles. The molecule has 0 rings (SSSR count). The van der Waals surface area contributed by atoms with Gasteiger partial charge in [-0.1, -0.05) is 13.0 Å². The van der Waals surface area contributed by atoms with E-state index >= 15 is 0 Å². The maximum Gasteiger partial charge on any atom is 0.115 e. The summed E-state index contributed by atoms with van der Waals surface area (Å²) in [5, 5.41) is 3.08. The molecule has 0 amide bonds. The van der Waals surface area contributed by atoms with Crippen LogP contribution >= 0.6 is 0 Å². The van der Waals surface area contributed by atoms with Gasteiger partial charge in [0.2, 0.25) is 0 Å². The third-order valence-electron chi connectivity index (χ3n) is 1.78. The lowest BCUT2D eigenvalue weighted by atomic mass is 10.3. The summed E-state index contributed by atoms with van der Waals surface area (Å²) < 4.78 is 5.50. The van der Waals surface area contributed by atoms with E-state index in [2.05, 4.69) is 12.2 Å². The Balaban J connectivity index is 4.17. The monoisotopic (exact) mass is 195 g/mol. The van der Waals surface area contributed by atoms with Crippen LogP contribution in [0.5, 0.6) is 0 Å². The Kier molecular flexibility index (Phi) is 7.71. The highest BCUT2D eigenvalue weighted by Gasteiger charge is 1.90. The van der Waals surface area contributed by atoms with E-state index in [1.807, 2.05) is 45.2 Å². The third kappa shape index (κ3) is 5.46. The average molecular weight is 195 g/mol. The molecule has 0 fully saturated rings. The van der Waals surface area contributed by atoms with Crippen LogP contribution in [0, 0.1) is 0 Å². The summed E-state index contributed by atoms with van der Waals surface area (Å²) in [7, 11) is 1.90. The number of likely N-dealkylation sites (N-methyl/N-ethyl adjacent to an activating group) is 1. The van der Waals surface area contributed by atoms with E-state index in [1.54, 1.807) is 0 Å². The molecule has 0 saturated carbocycles. The Morgan fingerprint density at radius 2 is 1.93 bits per heavy atom. The fourth-order valence-electron chi connectivity index (χ4n) is 0.943. The molecule has 0 saturated heterocycles. The lowest BCUT2D eigenvalue weighted by Gasteiger charge is -2.05. The van der Waals surface area contributed by atoms with E-state index < -0.39 is 0 Å². The van der Waals surface area contributed by atoms with Crippen molar-refractivity contribution in [2.24, 2.45) is 0 Å². The number of rotatable bonds is 6. The van der Waals surface area contributed by atoms with Gasteiger partial charge in [0.25, 0.3) is 0 Å². The quantitative estimate of drug-likeness (QED) is 0.519. The average Bonchev–Trinajstić information content (AvgIpc) is 2.23. The minimum absolute atomic E-state index is 0.773. The zero-order valence-electron chi connectivity index (χ0n) is 9.63. The van der Waals surface area contributed by atoms with Crippen molar-refractivity contribution in [1.29, 1.82) is 0 Å². The normalized spacial score (nSPS) is 13.4. The highest BCUT2D eigenvalue weighted by atomic mass is 16.5. The third-order valence-corrected chi connectivity index (χ3v) is 1.78. The molecule has 0 aromatic carbocycles. The first-order chi connectivity index (χ1) is 6.78. The van der Waals surface area contributed by atoms with Crippen molar-refractivity contribution >= 4 is 0 Å². The lowest BCUT2D eigenvalue weighted by Crippen LogP contribution is -2.02. The number of ether oxygens (including phenoxy) is 1. The molecule has 0 radical (unpaired) electrons. The Bertz CT molecular complexity index is 226. The smallest absolute Gasteiger partial charge is 0.115 e. The van der Waals surface area contributed by atoms with Crippen LogP contribution in [-0.2, 0) is 4.74 Å². The highest BCUT2D eigenvalue weighted by Crippen LogP contribution is 2.02. The van der Waals surface area contributed by atoms with E-state index in [1.165, 1.54) is 0 Å². The summed E-state index contributed by atoms with van der Waals surface area (Å²) in [5.74, 6) is 0.918. The van der Waals surface area contributed by atoms with Gasteiger partial charge in [0.15, 0.2) is 0 Å². The zero-order valence-corrected chi connectivity index (χ0v) is 9.63. The molecule has 0 atom stereocenters. The lowest BCUT2D eigenvalue weighted by molar-refractivity contribution is 0.224. The van der Waals surface area contributed by atoms with E-state index in [-0.39, 0.29) is 0 Å². The molecular formula is C12H21NO. The van der Waals surface area contributed by atoms with Gasteiger partial charge in [0, 0.05) is 12.7 Å². The Labute approximate surface area is 87.3 Å². The molecule has 80 valence electrons. The standard InChI is InChI=1S/C12H21NO/c1-5-10-14-12(7-3)9-8-11(6-2)13-4/h6-9,13H,5,10H2,1-4H3/b9-8-,11-6+,12-7+. The molecule has 2 heteroatoms. The van der Waals surface area contributed by atoms with Crippen LogP contribution in [-0.4, -0.2) is 13.7 Å². The number of hydrogen-bond acceptors (Lipinski definition) is 2.